The van der Waals surface area contributed by atoms with Crippen molar-refractivity contribution in [3.05, 3.63) is 35.4 Å². The molecule has 1 saturated heterocycles. The fourth-order valence-electron chi connectivity index (χ4n) is 1.72. The molecule has 1 aromatic rings. The highest BCUT2D eigenvalue weighted by molar-refractivity contribution is 5.82. The summed E-state index contributed by atoms with van der Waals surface area (Å²) in [7, 11) is 2.12. The lowest BCUT2D eigenvalue weighted by atomic mass is 10.2. The van der Waals surface area contributed by atoms with E-state index in [0.29, 0.717) is 5.56 Å². The molecule has 0 saturated carbocycles. The Morgan fingerprint density at radius 2 is 1.65 bits per heavy atom. The first-order valence-electron chi connectivity index (χ1n) is 5.80. The molecule has 0 aliphatic carbocycles. The lowest BCUT2D eigenvalue weighted by Crippen LogP contribution is -2.41. The molecule has 0 N–H and O–H groups in total. The third-order valence-electron chi connectivity index (χ3n) is 2.92. The number of hydrazone groups is 1. The van der Waals surface area contributed by atoms with Crippen molar-refractivity contribution in [1.82, 2.24) is 9.91 Å². The zero-order valence-electron chi connectivity index (χ0n) is 10.0. The summed E-state index contributed by atoms with van der Waals surface area (Å²) >= 11 is 0. The number of benzene rings is 1. The Bertz CT molecular complexity index is 392. The normalized spacial score (nSPS) is 17.6. The fourth-order valence-corrected chi connectivity index (χ4v) is 1.72. The zero-order valence-corrected chi connectivity index (χ0v) is 10.0. The van der Waals surface area contributed by atoms with Crippen molar-refractivity contribution in [2.75, 3.05) is 33.2 Å². The molecule has 0 atom stereocenters. The molecule has 90 valence electrons. The van der Waals surface area contributed by atoms with Gasteiger partial charge in [-0.2, -0.15) is 5.10 Å². The van der Waals surface area contributed by atoms with Crippen molar-refractivity contribution in [2.45, 2.75) is 0 Å². The predicted molar refractivity (Wildman–Crippen MR) is 68.5 cm³/mol. The second-order valence-corrected chi connectivity index (χ2v) is 4.29. The van der Waals surface area contributed by atoms with E-state index in [0.717, 1.165) is 38.0 Å². The van der Waals surface area contributed by atoms with Gasteiger partial charge in [0, 0.05) is 31.7 Å². The Morgan fingerprint density at radius 3 is 2.24 bits per heavy atom. The number of hydrogen-bond donors (Lipinski definition) is 0. The number of hydrogen-bond acceptors (Lipinski definition) is 4. The smallest absolute Gasteiger partial charge is 0.150 e. The van der Waals surface area contributed by atoms with E-state index in [1.165, 1.54) is 0 Å². The molecule has 1 aliphatic heterocycles. The zero-order chi connectivity index (χ0) is 12.1. The minimum absolute atomic E-state index is 0.696. The number of carbonyl (C=O) groups is 1. The minimum atomic E-state index is 0.696. The van der Waals surface area contributed by atoms with Gasteiger partial charge in [-0.05, 0) is 12.6 Å². The summed E-state index contributed by atoms with van der Waals surface area (Å²) in [5.41, 5.74) is 1.72. The van der Waals surface area contributed by atoms with E-state index in [4.69, 9.17) is 0 Å². The summed E-state index contributed by atoms with van der Waals surface area (Å²) < 4.78 is 0. The van der Waals surface area contributed by atoms with E-state index in [1.54, 1.807) is 12.1 Å². The highest BCUT2D eigenvalue weighted by Gasteiger charge is 2.10. The number of piperazine rings is 1. The maximum absolute atomic E-state index is 10.5. The van der Waals surface area contributed by atoms with Gasteiger partial charge in [0.05, 0.1) is 6.21 Å². The highest BCUT2D eigenvalue weighted by Crippen LogP contribution is 2.02. The van der Waals surface area contributed by atoms with Gasteiger partial charge in [0.2, 0.25) is 0 Å². The Hall–Kier alpha value is -1.68. The van der Waals surface area contributed by atoms with Gasteiger partial charge in [-0.3, -0.25) is 9.80 Å². The number of carbonyl (C=O) groups excluding carboxylic acids is 1. The average Bonchev–Trinajstić information content (AvgIpc) is 2.39. The van der Waals surface area contributed by atoms with Crippen LogP contribution >= 0.6 is 0 Å². The van der Waals surface area contributed by atoms with Gasteiger partial charge in [-0.25, -0.2) is 0 Å². The largest absolute Gasteiger partial charge is 0.303 e. The lowest BCUT2D eigenvalue weighted by molar-refractivity contribution is 0.112. The average molecular weight is 231 g/mol. The molecule has 1 fully saturated rings. The van der Waals surface area contributed by atoms with Crippen LogP contribution in [0.15, 0.2) is 29.4 Å². The molecule has 0 amide bonds. The first-order valence-corrected chi connectivity index (χ1v) is 5.80. The SMILES string of the molecule is CN1CCN(N=Cc2ccc(C=O)cc2)CC1. The predicted octanol–water partition coefficient (Wildman–Crippen LogP) is 1.08. The summed E-state index contributed by atoms with van der Waals surface area (Å²) in [4.78, 5) is 12.8. The van der Waals surface area contributed by atoms with Gasteiger partial charge >= 0.3 is 0 Å². The van der Waals surface area contributed by atoms with Gasteiger partial charge in [-0.15, -0.1) is 0 Å². The van der Waals surface area contributed by atoms with Crippen molar-refractivity contribution in [3.63, 3.8) is 0 Å². The van der Waals surface area contributed by atoms with Crippen LogP contribution in [0.1, 0.15) is 15.9 Å². The van der Waals surface area contributed by atoms with Crippen LogP contribution in [0.5, 0.6) is 0 Å². The molecule has 17 heavy (non-hydrogen) atoms. The molecular formula is C13H17N3O. The Balaban J connectivity index is 1.93. The van der Waals surface area contributed by atoms with E-state index in [2.05, 4.69) is 22.1 Å². The molecule has 0 aromatic heterocycles. The Kier molecular flexibility index (Phi) is 3.88. The van der Waals surface area contributed by atoms with Crippen LogP contribution in [-0.2, 0) is 0 Å². The monoisotopic (exact) mass is 231 g/mol. The number of likely N-dealkylation sites (N-methyl/N-ethyl adjacent to an activating group) is 1. The van der Waals surface area contributed by atoms with Crippen LogP contribution < -0.4 is 0 Å². The van der Waals surface area contributed by atoms with E-state index in [1.807, 2.05) is 18.3 Å². The summed E-state index contributed by atoms with van der Waals surface area (Å²) in [6.45, 7) is 4.06. The van der Waals surface area contributed by atoms with E-state index in [-0.39, 0.29) is 0 Å². The first-order chi connectivity index (χ1) is 8.28. The quantitative estimate of drug-likeness (QED) is 0.577. The molecule has 0 spiro atoms. The third kappa shape index (κ3) is 3.39. The molecule has 0 bridgehead atoms. The molecule has 0 radical (unpaired) electrons. The van der Waals surface area contributed by atoms with Gasteiger partial charge in [-0.1, -0.05) is 24.3 Å². The van der Waals surface area contributed by atoms with Crippen molar-refractivity contribution in [1.29, 1.82) is 0 Å². The molecule has 1 aliphatic rings. The van der Waals surface area contributed by atoms with Gasteiger partial charge in [0.25, 0.3) is 0 Å². The van der Waals surface area contributed by atoms with Crippen molar-refractivity contribution in [3.8, 4) is 0 Å². The van der Waals surface area contributed by atoms with Crippen molar-refractivity contribution < 1.29 is 4.79 Å². The van der Waals surface area contributed by atoms with Crippen LogP contribution in [0.25, 0.3) is 0 Å². The van der Waals surface area contributed by atoms with Crippen molar-refractivity contribution >= 4 is 12.5 Å². The standard InChI is InChI=1S/C13H17N3O/c1-15-6-8-16(9-7-15)14-10-12-2-4-13(11-17)5-3-12/h2-5,10-11H,6-9H2,1H3. The van der Waals surface area contributed by atoms with Gasteiger partial charge < -0.3 is 4.90 Å². The fraction of sp³-hybridized carbons (Fsp3) is 0.385. The maximum Gasteiger partial charge on any atom is 0.150 e. The van der Waals surface area contributed by atoms with Gasteiger partial charge in [0.1, 0.15) is 6.29 Å². The van der Waals surface area contributed by atoms with Crippen LogP contribution in [-0.4, -0.2) is 55.6 Å². The molecule has 4 nitrogen and oxygen atoms in total. The van der Waals surface area contributed by atoms with Crippen LogP contribution in [0.3, 0.4) is 0 Å². The van der Waals surface area contributed by atoms with Gasteiger partial charge in [0.15, 0.2) is 0 Å². The van der Waals surface area contributed by atoms with E-state index in [9.17, 15) is 4.79 Å². The molecule has 4 heteroatoms. The molecular weight excluding hydrogens is 214 g/mol. The van der Waals surface area contributed by atoms with E-state index < -0.39 is 0 Å². The third-order valence-corrected chi connectivity index (χ3v) is 2.92. The highest BCUT2D eigenvalue weighted by atomic mass is 16.1. The number of rotatable bonds is 3. The Labute approximate surface area is 102 Å². The number of aldehydes is 1. The maximum atomic E-state index is 10.5. The van der Waals surface area contributed by atoms with Crippen LogP contribution in [0.2, 0.25) is 0 Å². The molecule has 1 heterocycles. The van der Waals surface area contributed by atoms with Crippen LogP contribution in [0, 0.1) is 0 Å². The number of nitrogens with zero attached hydrogens (tertiary/aromatic N) is 3. The lowest BCUT2D eigenvalue weighted by Gasteiger charge is -2.30. The molecule has 2 rings (SSSR count). The molecule has 1 aromatic carbocycles. The minimum Gasteiger partial charge on any atom is -0.303 e. The molecule has 0 unspecified atom stereocenters. The second-order valence-electron chi connectivity index (χ2n) is 4.29. The van der Waals surface area contributed by atoms with Crippen molar-refractivity contribution in [2.24, 2.45) is 5.10 Å². The van der Waals surface area contributed by atoms with E-state index >= 15 is 0 Å². The first kappa shape index (κ1) is 11.8. The summed E-state index contributed by atoms with van der Waals surface area (Å²) in [5.74, 6) is 0. The second kappa shape index (κ2) is 5.59. The summed E-state index contributed by atoms with van der Waals surface area (Å²) in [6.07, 6.45) is 2.70. The summed E-state index contributed by atoms with van der Waals surface area (Å²) in [5, 5.41) is 6.51. The summed E-state index contributed by atoms with van der Waals surface area (Å²) in [6, 6.07) is 7.42. The van der Waals surface area contributed by atoms with Crippen LogP contribution in [0.4, 0.5) is 0 Å². The topological polar surface area (TPSA) is 35.9 Å². The Morgan fingerprint density at radius 1 is 1.06 bits per heavy atom.